The van der Waals surface area contributed by atoms with Gasteiger partial charge in [-0.3, -0.25) is 9.69 Å². The summed E-state index contributed by atoms with van der Waals surface area (Å²) in [6, 6.07) is 8.14. The molecule has 0 spiro atoms. The Hall–Kier alpha value is -0.870. The molecule has 1 fully saturated rings. The molecule has 1 N–H and O–H groups in total. The largest absolute Gasteiger partial charge is 0.481 e. The van der Waals surface area contributed by atoms with Crippen LogP contribution in [-0.2, 0) is 11.3 Å². The van der Waals surface area contributed by atoms with Crippen LogP contribution in [0.15, 0.2) is 28.7 Å². The molecule has 1 unspecified atom stereocenters. The number of carbonyl (C=O) groups is 1. The average molecular weight is 284 g/mol. The standard InChI is InChI=1S/C12H14BrNO2/c13-11-3-1-2-9(6-11)7-14-5-4-10(8-14)12(15)16/h1-3,6,10H,4-5,7-8H2,(H,15,16). The Morgan fingerprint density at radius 1 is 1.56 bits per heavy atom. The average Bonchev–Trinajstić information content (AvgIpc) is 2.66. The lowest BCUT2D eigenvalue weighted by Gasteiger charge is -2.15. The minimum absolute atomic E-state index is 0.188. The quantitative estimate of drug-likeness (QED) is 0.926. The number of benzene rings is 1. The van der Waals surface area contributed by atoms with Crippen molar-refractivity contribution in [2.45, 2.75) is 13.0 Å². The fourth-order valence-corrected chi connectivity index (χ4v) is 2.52. The Morgan fingerprint density at radius 3 is 3.00 bits per heavy atom. The van der Waals surface area contributed by atoms with Gasteiger partial charge in [-0.1, -0.05) is 28.1 Å². The molecule has 4 heteroatoms. The molecule has 1 aliphatic rings. The zero-order valence-electron chi connectivity index (χ0n) is 8.90. The van der Waals surface area contributed by atoms with Crippen molar-refractivity contribution >= 4 is 21.9 Å². The zero-order chi connectivity index (χ0) is 11.5. The fraction of sp³-hybridized carbons (Fsp3) is 0.417. The third kappa shape index (κ3) is 2.83. The Kier molecular flexibility index (Phi) is 3.61. The summed E-state index contributed by atoms with van der Waals surface area (Å²) in [6.45, 7) is 2.38. The molecule has 0 amide bonds. The molecule has 1 atom stereocenters. The van der Waals surface area contributed by atoms with Gasteiger partial charge in [0.25, 0.3) is 0 Å². The topological polar surface area (TPSA) is 40.5 Å². The highest BCUT2D eigenvalue weighted by molar-refractivity contribution is 9.10. The first-order chi connectivity index (χ1) is 7.65. The summed E-state index contributed by atoms with van der Waals surface area (Å²) in [6.07, 6.45) is 0.767. The van der Waals surface area contributed by atoms with Crippen LogP contribution in [-0.4, -0.2) is 29.1 Å². The Morgan fingerprint density at radius 2 is 2.38 bits per heavy atom. The lowest BCUT2D eigenvalue weighted by Crippen LogP contribution is -2.22. The molecule has 1 aromatic carbocycles. The molecule has 16 heavy (non-hydrogen) atoms. The third-order valence-electron chi connectivity index (χ3n) is 2.92. The van der Waals surface area contributed by atoms with Gasteiger partial charge in [0, 0.05) is 17.6 Å². The van der Waals surface area contributed by atoms with E-state index in [0.717, 1.165) is 24.0 Å². The maximum Gasteiger partial charge on any atom is 0.307 e. The van der Waals surface area contributed by atoms with Gasteiger partial charge in [0.05, 0.1) is 5.92 Å². The molecule has 3 nitrogen and oxygen atoms in total. The lowest BCUT2D eigenvalue weighted by molar-refractivity contribution is -0.141. The van der Waals surface area contributed by atoms with E-state index in [1.54, 1.807) is 0 Å². The first-order valence-corrected chi connectivity index (χ1v) is 6.14. The van der Waals surface area contributed by atoms with Gasteiger partial charge in [0.1, 0.15) is 0 Å². The minimum atomic E-state index is -0.670. The van der Waals surface area contributed by atoms with Gasteiger partial charge < -0.3 is 5.11 Å². The molecule has 0 aliphatic carbocycles. The minimum Gasteiger partial charge on any atom is -0.481 e. The van der Waals surface area contributed by atoms with Crippen LogP contribution in [0, 0.1) is 5.92 Å². The molecule has 0 aromatic heterocycles. The molecule has 1 heterocycles. The van der Waals surface area contributed by atoms with Gasteiger partial charge in [-0.15, -0.1) is 0 Å². The Labute approximate surface area is 103 Å². The molecule has 86 valence electrons. The second-order valence-electron chi connectivity index (χ2n) is 4.19. The number of carboxylic acid groups (broad SMARTS) is 1. The number of likely N-dealkylation sites (tertiary alicyclic amines) is 1. The summed E-state index contributed by atoms with van der Waals surface area (Å²) in [7, 11) is 0. The van der Waals surface area contributed by atoms with Crippen LogP contribution in [0.4, 0.5) is 0 Å². The van der Waals surface area contributed by atoms with Crippen molar-refractivity contribution in [3.63, 3.8) is 0 Å². The number of aliphatic carboxylic acids is 1. The molecule has 1 saturated heterocycles. The van der Waals surface area contributed by atoms with Crippen molar-refractivity contribution in [1.82, 2.24) is 4.90 Å². The summed E-state index contributed by atoms with van der Waals surface area (Å²) < 4.78 is 1.07. The van der Waals surface area contributed by atoms with Crippen molar-refractivity contribution in [1.29, 1.82) is 0 Å². The SMILES string of the molecule is O=C(O)C1CCN(Cc2cccc(Br)c2)C1. The second kappa shape index (κ2) is 4.97. The first-order valence-electron chi connectivity index (χ1n) is 5.35. The Balaban J connectivity index is 1.94. The summed E-state index contributed by atoms with van der Waals surface area (Å²) >= 11 is 3.43. The van der Waals surface area contributed by atoms with E-state index < -0.39 is 5.97 Å². The maximum atomic E-state index is 10.8. The van der Waals surface area contributed by atoms with E-state index in [1.807, 2.05) is 12.1 Å². The smallest absolute Gasteiger partial charge is 0.307 e. The van der Waals surface area contributed by atoms with E-state index in [4.69, 9.17) is 5.11 Å². The third-order valence-corrected chi connectivity index (χ3v) is 3.41. The zero-order valence-corrected chi connectivity index (χ0v) is 10.5. The predicted octanol–water partition coefficient (Wildman–Crippen LogP) is 2.36. The molecule has 0 bridgehead atoms. The van der Waals surface area contributed by atoms with E-state index in [-0.39, 0.29) is 5.92 Å². The highest BCUT2D eigenvalue weighted by atomic mass is 79.9. The van der Waals surface area contributed by atoms with Crippen LogP contribution < -0.4 is 0 Å². The van der Waals surface area contributed by atoms with Crippen molar-refractivity contribution in [2.75, 3.05) is 13.1 Å². The van der Waals surface area contributed by atoms with Crippen LogP contribution in [0.5, 0.6) is 0 Å². The number of hydrogen-bond acceptors (Lipinski definition) is 2. The fourth-order valence-electron chi connectivity index (χ4n) is 2.07. The number of carboxylic acids is 1. The number of hydrogen-bond donors (Lipinski definition) is 1. The van der Waals surface area contributed by atoms with Crippen LogP contribution in [0.3, 0.4) is 0 Å². The van der Waals surface area contributed by atoms with Crippen LogP contribution in [0.1, 0.15) is 12.0 Å². The normalized spacial score (nSPS) is 21.2. The lowest BCUT2D eigenvalue weighted by atomic mass is 10.1. The van der Waals surface area contributed by atoms with Gasteiger partial charge in [-0.2, -0.15) is 0 Å². The summed E-state index contributed by atoms with van der Waals surface area (Å²) in [5.41, 5.74) is 1.22. The number of rotatable bonds is 3. The maximum absolute atomic E-state index is 10.8. The van der Waals surface area contributed by atoms with E-state index in [1.165, 1.54) is 5.56 Å². The first kappa shape index (κ1) is 11.6. The molecule has 1 aliphatic heterocycles. The summed E-state index contributed by atoms with van der Waals surface area (Å²) in [5.74, 6) is -0.858. The highest BCUT2D eigenvalue weighted by Crippen LogP contribution is 2.20. The predicted molar refractivity (Wildman–Crippen MR) is 65.2 cm³/mol. The number of nitrogens with zero attached hydrogens (tertiary/aromatic N) is 1. The number of halogens is 1. The Bertz CT molecular complexity index is 394. The molecule has 0 radical (unpaired) electrons. The van der Waals surface area contributed by atoms with Crippen molar-refractivity contribution in [3.05, 3.63) is 34.3 Å². The van der Waals surface area contributed by atoms with E-state index in [0.29, 0.717) is 6.54 Å². The summed E-state index contributed by atoms with van der Waals surface area (Å²) in [5, 5.41) is 8.91. The van der Waals surface area contributed by atoms with Crippen LogP contribution in [0.2, 0.25) is 0 Å². The van der Waals surface area contributed by atoms with Gasteiger partial charge in [0.2, 0.25) is 0 Å². The molecule has 2 rings (SSSR count). The van der Waals surface area contributed by atoms with Gasteiger partial charge in [-0.25, -0.2) is 0 Å². The van der Waals surface area contributed by atoms with Crippen molar-refractivity contribution < 1.29 is 9.90 Å². The van der Waals surface area contributed by atoms with Crippen molar-refractivity contribution in [2.24, 2.45) is 5.92 Å². The van der Waals surface area contributed by atoms with Crippen molar-refractivity contribution in [3.8, 4) is 0 Å². The van der Waals surface area contributed by atoms with E-state index >= 15 is 0 Å². The van der Waals surface area contributed by atoms with Gasteiger partial charge in [-0.05, 0) is 30.7 Å². The molecule has 1 aromatic rings. The monoisotopic (exact) mass is 283 g/mol. The van der Waals surface area contributed by atoms with Gasteiger partial charge in [0.15, 0.2) is 0 Å². The molecular weight excluding hydrogens is 270 g/mol. The second-order valence-corrected chi connectivity index (χ2v) is 5.10. The van der Waals surface area contributed by atoms with Crippen LogP contribution >= 0.6 is 15.9 Å². The van der Waals surface area contributed by atoms with Gasteiger partial charge >= 0.3 is 5.97 Å². The highest BCUT2D eigenvalue weighted by Gasteiger charge is 2.27. The van der Waals surface area contributed by atoms with E-state index in [2.05, 4.69) is 33.0 Å². The van der Waals surface area contributed by atoms with Crippen LogP contribution in [0.25, 0.3) is 0 Å². The molecule has 0 saturated carbocycles. The van der Waals surface area contributed by atoms with E-state index in [9.17, 15) is 4.79 Å². The summed E-state index contributed by atoms with van der Waals surface area (Å²) in [4.78, 5) is 13.0. The molecular formula is C12H14BrNO2.